The highest BCUT2D eigenvalue weighted by atomic mass is 35.5. The molecule has 2 rings (SSSR count). The van der Waals surface area contributed by atoms with Gasteiger partial charge in [-0.15, -0.1) is 0 Å². The van der Waals surface area contributed by atoms with Gasteiger partial charge in [-0.25, -0.2) is 4.98 Å². The largest absolute Gasteiger partial charge is 0.296 e. The Morgan fingerprint density at radius 1 is 1.64 bits per heavy atom. The predicted molar refractivity (Wildman–Crippen MR) is 55.8 cm³/mol. The second-order valence-electron chi connectivity index (χ2n) is 3.70. The molecule has 0 radical (unpaired) electrons. The minimum atomic E-state index is -0.0197. The molecule has 1 saturated carbocycles. The molecule has 1 aromatic rings. The summed E-state index contributed by atoms with van der Waals surface area (Å²) in [7, 11) is 0. The second kappa shape index (κ2) is 3.73. The quantitative estimate of drug-likeness (QED) is 0.720. The van der Waals surface area contributed by atoms with Crippen molar-refractivity contribution < 1.29 is 0 Å². The summed E-state index contributed by atoms with van der Waals surface area (Å²) in [6.07, 6.45) is 3.22. The van der Waals surface area contributed by atoms with E-state index in [1.807, 2.05) is 0 Å². The first-order chi connectivity index (χ1) is 6.72. The molecule has 0 aromatic carbocycles. The van der Waals surface area contributed by atoms with Gasteiger partial charge in [-0.2, -0.15) is 0 Å². The Hall–Kier alpha value is -0.830. The van der Waals surface area contributed by atoms with Crippen molar-refractivity contribution >= 4 is 11.6 Å². The van der Waals surface area contributed by atoms with E-state index in [4.69, 9.17) is 11.6 Å². The lowest BCUT2D eigenvalue weighted by Crippen LogP contribution is -2.24. The first kappa shape index (κ1) is 9.71. The molecule has 76 valence electrons. The van der Waals surface area contributed by atoms with E-state index in [0.29, 0.717) is 11.1 Å². The van der Waals surface area contributed by atoms with Gasteiger partial charge in [0.2, 0.25) is 0 Å². The number of hydrogen-bond donors (Lipinski definition) is 0. The molecule has 0 amide bonds. The lowest BCUT2D eigenvalue weighted by Gasteiger charge is -2.09. The average molecular weight is 213 g/mol. The maximum Gasteiger partial charge on any atom is 0.254 e. The van der Waals surface area contributed by atoms with Gasteiger partial charge in [0.25, 0.3) is 5.56 Å². The molecule has 1 aliphatic rings. The van der Waals surface area contributed by atoms with E-state index in [-0.39, 0.29) is 5.56 Å². The summed E-state index contributed by atoms with van der Waals surface area (Å²) >= 11 is 5.77. The fourth-order valence-corrected chi connectivity index (χ4v) is 1.78. The molecule has 1 heterocycles. The van der Waals surface area contributed by atoms with Crippen molar-refractivity contribution in [1.82, 2.24) is 9.55 Å². The van der Waals surface area contributed by atoms with Crippen LogP contribution in [0.2, 0.25) is 5.15 Å². The zero-order chi connectivity index (χ0) is 10.1. The van der Waals surface area contributed by atoms with E-state index in [9.17, 15) is 4.79 Å². The monoisotopic (exact) mass is 212 g/mol. The van der Waals surface area contributed by atoms with Gasteiger partial charge in [0.1, 0.15) is 11.0 Å². The molecule has 14 heavy (non-hydrogen) atoms. The van der Waals surface area contributed by atoms with Crippen molar-refractivity contribution in [1.29, 1.82) is 0 Å². The first-order valence-corrected chi connectivity index (χ1v) is 5.37. The Labute approximate surface area is 87.7 Å². The molecule has 3 nitrogen and oxygen atoms in total. The lowest BCUT2D eigenvalue weighted by molar-refractivity contribution is 0.599. The van der Waals surface area contributed by atoms with E-state index in [0.717, 1.165) is 31.6 Å². The molecular formula is C10H13ClN2O. The standard InChI is InChI=1S/C10H13ClN2O/c1-2-5-13-9(14)6-8(11)12-10(13)7-3-4-7/h6-7H,2-5H2,1H3. The third-order valence-corrected chi connectivity index (χ3v) is 2.59. The summed E-state index contributed by atoms with van der Waals surface area (Å²) in [5, 5.41) is 0.323. The summed E-state index contributed by atoms with van der Waals surface area (Å²) in [5.41, 5.74) is -0.0197. The Morgan fingerprint density at radius 2 is 2.36 bits per heavy atom. The van der Waals surface area contributed by atoms with Crippen LogP contribution in [0, 0.1) is 0 Å². The maximum atomic E-state index is 11.6. The van der Waals surface area contributed by atoms with Gasteiger partial charge in [0.05, 0.1) is 0 Å². The van der Waals surface area contributed by atoms with Crippen LogP contribution in [0.4, 0.5) is 0 Å². The van der Waals surface area contributed by atoms with E-state index in [1.54, 1.807) is 4.57 Å². The van der Waals surface area contributed by atoms with Gasteiger partial charge >= 0.3 is 0 Å². The normalized spacial score (nSPS) is 15.9. The smallest absolute Gasteiger partial charge is 0.254 e. The summed E-state index contributed by atoms with van der Waals surface area (Å²) in [5.74, 6) is 1.34. The lowest BCUT2D eigenvalue weighted by atomic mass is 10.3. The molecule has 0 atom stereocenters. The second-order valence-corrected chi connectivity index (χ2v) is 4.09. The summed E-state index contributed by atoms with van der Waals surface area (Å²) in [6, 6.07) is 1.39. The molecular weight excluding hydrogens is 200 g/mol. The number of nitrogens with zero attached hydrogens (tertiary/aromatic N) is 2. The Balaban J connectivity index is 2.47. The molecule has 0 N–H and O–H groups in total. The van der Waals surface area contributed by atoms with Crippen molar-refractivity contribution in [3.05, 3.63) is 27.4 Å². The molecule has 0 aliphatic heterocycles. The maximum absolute atomic E-state index is 11.6. The zero-order valence-corrected chi connectivity index (χ0v) is 8.92. The van der Waals surface area contributed by atoms with Crippen LogP contribution in [-0.4, -0.2) is 9.55 Å². The van der Waals surface area contributed by atoms with Gasteiger partial charge < -0.3 is 0 Å². The molecule has 1 aromatic heterocycles. The highest BCUT2D eigenvalue weighted by molar-refractivity contribution is 6.29. The van der Waals surface area contributed by atoms with Crippen molar-refractivity contribution in [2.24, 2.45) is 0 Å². The third kappa shape index (κ3) is 1.82. The van der Waals surface area contributed by atoms with Crippen LogP contribution in [0.25, 0.3) is 0 Å². The number of aromatic nitrogens is 2. The minimum Gasteiger partial charge on any atom is -0.296 e. The van der Waals surface area contributed by atoms with E-state index in [1.165, 1.54) is 6.07 Å². The first-order valence-electron chi connectivity index (χ1n) is 4.99. The van der Waals surface area contributed by atoms with Crippen LogP contribution in [0.5, 0.6) is 0 Å². The highest BCUT2D eigenvalue weighted by Gasteiger charge is 2.28. The topological polar surface area (TPSA) is 34.9 Å². The van der Waals surface area contributed by atoms with E-state index in [2.05, 4.69) is 11.9 Å². The van der Waals surface area contributed by atoms with Gasteiger partial charge in [-0.3, -0.25) is 9.36 Å². The zero-order valence-electron chi connectivity index (χ0n) is 8.16. The molecule has 0 unspecified atom stereocenters. The molecule has 4 heteroatoms. The van der Waals surface area contributed by atoms with Crippen LogP contribution < -0.4 is 5.56 Å². The molecule has 0 spiro atoms. The number of rotatable bonds is 3. The Morgan fingerprint density at radius 3 is 2.93 bits per heavy atom. The third-order valence-electron chi connectivity index (χ3n) is 2.40. The van der Waals surface area contributed by atoms with Crippen molar-refractivity contribution in [2.75, 3.05) is 0 Å². The van der Waals surface area contributed by atoms with Gasteiger partial charge in [0.15, 0.2) is 0 Å². The van der Waals surface area contributed by atoms with Crippen LogP contribution in [0.15, 0.2) is 10.9 Å². The fourth-order valence-electron chi connectivity index (χ4n) is 1.60. The Kier molecular flexibility index (Phi) is 2.59. The summed E-state index contributed by atoms with van der Waals surface area (Å²) in [6.45, 7) is 2.80. The summed E-state index contributed by atoms with van der Waals surface area (Å²) in [4.78, 5) is 15.9. The van der Waals surface area contributed by atoms with Crippen molar-refractivity contribution in [2.45, 2.75) is 38.6 Å². The predicted octanol–water partition coefficient (Wildman–Crippen LogP) is 2.18. The van der Waals surface area contributed by atoms with Crippen LogP contribution >= 0.6 is 11.6 Å². The van der Waals surface area contributed by atoms with Gasteiger partial charge in [-0.05, 0) is 19.3 Å². The number of hydrogen-bond acceptors (Lipinski definition) is 2. The van der Waals surface area contributed by atoms with Gasteiger partial charge in [0, 0.05) is 18.5 Å². The number of halogens is 1. The van der Waals surface area contributed by atoms with E-state index < -0.39 is 0 Å². The van der Waals surface area contributed by atoms with Crippen LogP contribution in [0.1, 0.15) is 37.9 Å². The molecule has 0 bridgehead atoms. The SMILES string of the molecule is CCCn1c(C2CC2)nc(Cl)cc1=O. The highest BCUT2D eigenvalue weighted by Crippen LogP contribution is 2.38. The Bertz CT molecular complexity index is 396. The van der Waals surface area contributed by atoms with E-state index >= 15 is 0 Å². The van der Waals surface area contributed by atoms with Crippen LogP contribution in [0.3, 0.4) is 0 Å². The molecule has 1 aliphatic carbocycles. The van der Waals surface area contributed by atoms with Gasteiger partial charge in [-0.1, -0.05) is 18.5 Å². The summed E-state index contributed by atoms with van der Waals surface area (Å²) < 4.78 is 1.75. The average Bonchev–Trinajstić information content (AvgIpc) is 2.92. The van der Waals surface area contributed by atoms with Crippen LogP contribution in [-0.2, 0) is 6.54 Å². The molecule has 0 saturated heterocycles. The molecule has 1 fully saturated rings. The van der Waals surface area contributed by atoms with Crippen molar-refractivity contribution in [3.63, 3.8) is 0 Å². The fraction of sp³-hybridized carbons (Fsp3) is 0.600. The minimum absolute atomic E-state index is 0.0197. The van der Waals surface area contributed by atoms with Crippen molar-refractivity contribution in [3.8, 4) is 0 Å².